The molecule has 0 bridgehead atoms. The first kappa shape index (κ1) is 15.1. The van der Waals surface area contributed by atoms with E-state index in [2.05, 4.69) is 6.92 Å². The van der Waals surface area contributed by atoms with E-state index in [9.17, 15) is 4.79 Å². The van der Waals surface area contributed by atoms with E-state index < -0.39 is 0 Å². The van der Waals surface area contributed by atoms with Crippen molar-refractivity contribution in [1.29, 1.82) is 0 Å². The first-order valence-corrected chi connectivity index (χ1v) is 8.04. The summed E-state index contributed by atoms with van der Waals surface area (Å²) in [5.74, 6) is 1.64. The SMILES string of the molecule is CCCCOc1ccc(CC(=O)C2CCCCC2)cc1. The molecule has 0 spiro atoms. The van der Waals surface area contributed by atoms with Crippen molar-refractivity contribution < 1.29 is 9.53 Å². The first-order valence-electron chi connectivity index (χ1n) is 8.04. The van der Waals surface area contributed by atoms with Crippen LogP contribution in [0.3, 0.4) is 0 Å². The van der Waals surface area contributed by atoms with Gasteiger partial charge in [0.25, 0.3) is 0 Å². The van der Waals surface area contributed by atoms with Crippen molar-refractivity contribution in [1.82, 2.24) is 0 Å². The summed E-state index contributed by atoms with van der Waals surface area (Å²) in [5.41, 5.74) is 1.11. The summed E-state index contributed by atoms with van der Waals surface area (Å²) in [6.45, 7) is 2.93. The number of Topliss-reactive ketones (excluding diaryl/α,β-unsaturated/α-hetero) is 1. The number of ketones is 1. The lowest BCUT2D eigenvalue weighted by Gasteiger charge is -2.20. The van der Waals surface area contributed by atoms with E-state index in [1.54, 1.807) is 0 Å². The maximum Gasteiger partial charge on any atom is 0.140 e. The van der Waals surface area contributed by atoms with Crippen molar-refractivity contribution in [2.45, 2.75) is 58.3 Å². The molecule has 0 saturated heterocycles. The van der Waals surface area contributed by atoms with Gasteiger partial charge in [0, 0.05) is 12.3 Å². The molecular formula is C18H26O2. The van der Waals surface area contributed by atoms with Gasteiger partial charge < -0.3 is 4.74 Å². The Bertz CT molecular complexity index is 402. The van der Waals surface area contributed by atoms with Crippen LogP contribution in [0.5, 0.6) is 5.75 Å². The molecule has 0 unspecified atom stereocenters. The molecule has 0 atom stereocenters. The van der Waals surface area contributed by atoms with E-state index in [4.69, 9.17) is 4.74 Å². The fourth-order valence-electron chi connectivity index (χ4n) is 2.81. The van der Waals surface area contributed by atoms with Gasteiger partial charge in [0.1, 0.15) is 11.5 Å². The van der Waals surface area contributed by atoms with Gasteiger partial charge in [-0.1, -0.05) is 44.7 Å². The number of carbonyl (C=O) groups excluding carboxylic acids is 1. The fourth-order valence-corrected chi connectivity index (χ4v) is 2.81. The maximum atomic E-state index is 12.2. The molecule has 1 aromatic carbocycles. The number of carbonyl (C=O) groups is 1. The van der Waals surface area contributed by atoms with Crippen molar-refractivity contribution in [3.63, 3.8) is 0 Å². The number of benzene rings is 1. The van der Waals surface area contributed by atoms with Crippen molar-refractivity contribution in [2.24, 2.45) is 5.92 Å². The highest BCUT2D eigenvalue weighted by Crippen LogP contribution is 2.25. The van der Waals surface area contributed by atoms with Crippen LogP contribution >= 0.6 is 0 Å². The zero-order valence-electron chi connectivity index (χ0n) is 12.6. The Kier molecular flexibility index (Phi) is 6.10. The number of unbranched alkanes of at least 4 members (excludes halogenated alkanes) is 1. The molecule has 0 N–H and O–H groups in total. The monoisotopic (exact) mass is 274 g/mol. The third-order valence-electron chi connectivity index (χ3n) is 4.13. The molecule has 2 heteroatoms. The van der Waals surface area contributed by atoms with Crippen LogP contribution < -0.4 is 4.74 Å². The lowest BCUT2D eigenvalue weighted by Crippen LogP contribution is -2.19. The van der Waals surface area contributed by atoms with Crippen molar-refractivity contribution in [3.8, 4) is 5.75 Å². The Hall–Kier alpha value is -1.31. The van der Waals surface area contributed by atoms with Gasteiger partial charge in [0.05, 0.1) is 6.61 Å². The summed E-state index contributed by atoms with van der Waals surface area (Å²) < 4.78 is 5.64. The van der Waals surface area contributed by atoms with Gasteiger partial charge in [-0.25, -0.2) is 0 Å². The maximum absolute atomic E-state index is 12.2. The van der Waals surface area contributed by atoms with Gasteiger partial charge >= 0.3 is 0 Å². The Morgan fingerprint density at radius 1 is 1.15 bits per heavy atom. The minimum absolute atomic E-state index is 0.309. The molecule has 1 aliphatic carbocycles. The Morgan fingerprint density at radius 2 is 1.85 bits per heavy atom. The quantitative estimate of drug-likeness (QED) is 0.681. The number of ether oxygens (including phenoxy) is 1. The zero-order valence-corrected chi connectivity index (χ0v) is 12.6. The molecule has 0 amide bonds. The summed E-state index contributed by atoms with van der Waals surface area (Å²) in [5, 5.41) is 0. The lowest BCUT2D eigenvalue weighted by molar-refractivity contribution is -0.123. The molecule has 1 aliphatic rings. The average Bonchev–Trinajstić information content (AvgIpc) is 2.50. The van der Waals surface area contributed by atoms with Gasteiger partial charge in [-0.3, -0.25) is 4.79 Å². The summed E-state index contributed by atoms with van der Waals surface area (Å²) in [4.78, 5) is 12.2. The Morgan fingerprint density at radius 3 is 2.50 bits per heavy atom. The highest BCUT2D eigenvalue weighted by Gasteiger charge is 2.20. The van der Waals surface area contributed by atoms with Gasteiger partial charge in [-0.05, 0) is 37.0 Å². The molecular weight excluding hydrogens is 248 g/mol. The minimum Gasteiger partial charge on any atom is -0.494 e. The van der Waals surface area contributed by atoms with Gasteiger partial charge in [0.15, 0.2) is 0 Å². The molecule has 0 aromatic heterocycles. The van der Waals surface area contributed by atoms with E-state index >= 15 is 0 Å². The summed E-state index contributed by atoms with van der Waals surface area (Å²) in [6.07, 6.45) is 8.75. The minimum atomic E-state index is 0.309. The third kappa shape index (κ3) is 4.66. The number of rotatable bonds is 7. The average molecular weight is 274 g/mol. The van der Waals surface area contributed by atoms with Crippen LogP contribution in [0.4, 0.5) is 0 Å². The second-order valence-corrected chi connectivity index (χ2v) is 5.82. The van der Waals surface area contributed by atoms with E-state index in [0.717, 1.165) is 43.6 Å². The van der Waals surface area contributed by atoms with Crippen molar-refractivity contribution >= 4 is 5.78 Å². The normalized spacial score (nSPS) is 16.1. The van der Waals surface area contributed by atoms with E-state index in [1.807, 2.05) is 24.3 Å². The first-order chi connectivity index (χ1) is 9.79. The van der Waals surface area contributed by atoms with Crippen LogP contribution in [0.15, 0.2) is 24.3 Å². The molecule has 0 heterocycles. The van der Waals surface area contributed by atoms with Gasteiger partial charge in [-0.15, -0.1) is 0 Å². The molecule has 2 rings (SSSR count). The van der Waals surface area contributed by atoms with Crippen LogP contribution in [0.25, 0.3) is 0 Å². The molecule has 1 saturated carbocycles. The van der Waals surface area contributed by atoms with Crippen LogP contribution in [-0.4, -0.2) is 12.4 Å². The van der Waals surface area contributed by atoms with Gasteiger partial charge in [0.2, 0.25) is 0 Å². The van der Waals surface area contributed by atoms with Crippen molar-refractivity contribution in [2.75, 3.05) is 6.61 Å². The Balaban J connectivity index is 1.81. The second-order valence-electron chi connectivity index (χ2n) is 5.82. The van der Waals surface area contributed by atoms with Crippen LogP contribution in [0.1, 0.15) is 57.4 Å². The zero-order chi connectivity index (χ0) is 14.2. The lowest BCUT2D eigenvalue weighted by atomic mass is 9.84. The predicted octanol–water partition coefficient (Wildman–Crippen LogP) is 4.56. The summed E-state index contributed by atoms with van der Waals surface area (Å²) >= 11 is 0. The number of hydrogen-bond acceptors (Lipinski definition) is 2. The third-order valence-corrected chi connectivity index (χ3v) is 4.13. The van der Waals surface area contributed by atoms with Gasteiger partial charge in [-0.2, -0.15) is 0 Å². The molecule has 2 nitrogen and oxygen atoms in total. The van der Waals surface area contributed by atoms with E-state index in [0.29, 0.717) is 18.1 Å². The standard InChI is InChI=1S/C18H26O2/c1-2-3-13-20-17-11-9-15(10-12-17)14-18(19)16-7-5-4-6-8-16/h9-12,16H,2-8,13-14H2,1H3. The molecule has 0 aliphatic heterocycles. The van der Waals surface area contributed by atoms with Crippen LogP contribution in [-0.2, 0) is 11.2 Å². The van der Waals surface area contributed by atoms with Crippen LogP contribution in [0, 0.1) is 5.92 Å². The van der Waals surface area contributed by atoms with Crippen molar-refractivity contribution in [3.05, 3.63) is 29.8 Å². The van der Waals surface area contributed by atoms with Crippen LogP contribution in [0.2, 0.25) is 0 Å². The highest BCUT2D eigenvalue weighted by molar-refractivity contribution is 5.83. The highest BCUT2D eigenvalue weighted by atomic mass is 16.5. The molecule has 20 heavy (non-hydrogen) atoms. The number of hydrogen-bond donors (Lipinski definition) is 0. The second kappa shape index (κ2) is 8.08. The summed E-state index contributed by atoms with van der Waals surface area (Å²) in [6, 6.07) is 8.03. The molecule has 1 fully saturated rings. The van der Waals surface area contributed by atoms with E-state index in [-0.39, 0.29) is 0 Å². The Labute approximate surface area is 122 Å². The predicted molar refractivity (Wildman–Crippen MR) is 82.1 cm³/mol. The fraction of sp³-hybridized carbons (Fsp3) is 0.611. The molecule has 0 radical (unpaired) electrons. The largest absolute Gasteiger partial charge is 0.494 e. The molecule has 1 aromatic rings. The molecule has 110 valence electrons. The topological polar surface area (TPSA) is 26.3 Å². The summed E-state index contributed by atoms with van der Waals surface area (Å²) in [7, 11) is 0. The van der Waals surface area contributed by atoms with E-state index in [1.165, 1.54) is 19.3 Å². The smallest absolute Gasteiger partial charge is 0.140 e.